The summed E-state index contributed by atoms with van der Waals surface area (Å²) in [5.74, 6) is 0. The van der Waals surface area contributed by atoms with Crippen LogP contribution in [0.15, 0.2) is 96.6 Å². The van der Waals surface area contributed by atoms with Crippen LogP contribution in [0.1, 0.15) is 23.6 Å². The molecule has 0 aromatic heterocycles. The molecule has 6 aromatic carbocycles. The number of fused-ring (bicyclic) bond motifs is 4. The van der Waals surface area contributed by atoms with E-state index in [1.54, 1.807) is 0 Å². The Labute approximate surface area is 212 Å². The van der Waals surface area contributed by atoms with Gasteiger partial charge >= 0.3 is 0 Å². The highest BCUT2D eigenvalue weighted by atomic mass is 14.8. The minimum atomic E-state index is 0.827. The first-order chi connectivity index (χ1) is 17.6. The Hall–Kier alpha value is -4.30. The fourth-order valence-corrected chi connectivity index (χ4v) is 5.85. The molecule has 2 nitrogen and oxygen atoms in total. The summed E-state index contributed by atoms with van der Waals surface area (Å²) in [4.78, 5) is 0. The van der Waals surface area contributed by atoms with Crippen LogP contribution in [0.4, 0.5) is 11.4 Å². The molecule has 0 fully saturated rings. The van der Waals surface area contributed by atoms with Gasteiger partial charge in [0, 0.05) is 29.2 Å². The van der Waals surface area contributed by atoms with E-state index in [9.17, 15) is 0 Å². The van der Waals surface area contributed by atoms with E-state index in [-0.39, 0.29) is 0 Å². The van der Waals surface area contributed by atoms with E-state index in [4.69, 9.17) is 5.73 Å². The van der Waals surface area contributed by atoms with Crippen molar-refractivity contribution in [1.29, 1.82) is 0 Å². The lowest BCUT2D eigenvalue weighted by molar-refractivity contribution is 1.19. The summed E-state index contributed by atoms with van der Waals surface area (Å²) in [7, 11) is 2.00. The van der Waals surface area contributed by atoms with Gasteiger partial charge < -0.3 is 11.1 Å². The van der Waals surface area contributed by atoms with Crippen molar-refractivity contribution >= 4 is 60.5 Å². The van der Waals surface area contributed by atoms with Crippen molar-refractivity contribution in [1.82, 2.24) is 0 Å². The van der Waals surface area contributed by atoms with E-state index in [0.717, 1.165) is 23.2 Å². The molecule has 6 rings (SSSR count). The normalized spacial score (nSPS) is 12.1. The Kier molecular flexibility index (Phi) is 5.38. The molecule has 2 heteroatoms. The van der Waals surface area contributed by atoms with Crippen molar-refractivity contribution in [3.8, 4) is 0 Å². The smallest absolute Gasteiger partial charge is 0.0420 e. The van der Waals surface area contributed by atoms with Gasteiger partial charge in [-0.2, -0.15) is 0 Å². The number of nitrogens with two attached hydrogens (primary N) is 1. The molecule has 0 aliphatic rings. The number of nitrogen functional groups attached to an aromatic ring is 1. The van der Waals surface area contributed by atoms with E-state index >= 15 is 0 Å². The molecule has 0 aliphatic carbocycles. The second-order valence-electron chi connectivity index (χ2n) is 9.75. The number of benzene rings is 6. The molecule has 0 bridgehead atoms. The Morgan fingerprint density at radius 1 is 0.750 bits per heavy atom. The first kappa shape index (κ1) is 22.2. The van der Waals surface area contributed by atoms with Gasteiger partial charge in [0.1, 0.15) is 0 Å². The van der Waals surface area contributed by atoms with Crippen LogP contribution in [-0.4, -0.2) is 7.05 Å². The molecule has 176 valence electrons. The fraction of sp³-hybridized carbons (Fsp3) is 0.118. The van der Waals surface area contributed by atoms with Crippen molar-refractivity contribution in [3.63, 3.8) is 0 Å². The molecular weight excluding hydrogens is 436 g/mol. The standard InChI is InChI=1S/C34H30N2/c1-21(18-29-27-13-5-4-10-23(27)20-24-11-8-17-32(36-3)33(24)29)19-30-28-14-7-6-12-25(28)22(2)26-15-9-16-31(35)34(26)30/h4-17,19-20,36H,18,35H2,1-3H3/b21-19+. The molecule has 0 saturated heterocycles. The minimum absolute atomic E-state index is 0.827. The second-order valence-corrected chi connectivity index (χ2v) is 9.75. The van der Waals surface area contributed by atoms with Crippen LogP contribution < -0.4 is 11.1 Å². The lowest BCUT2D eigenvalue weighted by Crippen LogP contribution is -1.98. The van der Waals surface area contributed by atoms with Gasteiger partial charge in [-0.05, 0) is 87.5 Å². The average molecular weight is 467 g/mol. The van der Waals surface area contributed by atoms with Crippen molar-refractivity contribution < 1.29 is 0 Å². The molecule has 0 radical (unpaired) electrons. The number of rotatable bonds is 4. The summed E-state index contributed by atoms with van der Waals surface area (Å²) in [6, 6.07) is 32.5. The molecule has 3 N–H and O–H groups in total. The largest absolute Gasteiger partial charge is 0.398 e. The summed E-state index contributed by atoms with van der Waals surface area (Å²) in [5, 5.41) is 13.5. The Morgan fingerprint density at radius 2 is 1.42 bits per heavy atom. The lowest BCUT2D eigenvalue weighted by atomic mass is 9.88. The molecule has 0 saturated carbocycles. The molecule has 0 aliphatic heterocycles. The average Bonchev–Trinajstić information content (AvgIpc) is 2.90. The van der Waals surface area contributed by atoms with Gasteiger partial charge in [-0.15, -0.1) is 0 Å². The minimum Gasteiger partial charge on any atom is -0.398 e. The zero-order valence-corrected chi connectivity index (χ0v) is 21.0. The van der Waals surface area contributed by atoms with Crippen LogP contribution in [0, 0.1) is 6.92 Å². The summed E-state index contributed by atoms with van der Waals surface area (Å²) in [5.41, 5.74) is 13.7. The monoisotopic (exact) mass is 466 g/mol. The third kappa shape index (κ3) is 3.49. The maximum absolute atomic E-state index is 6.59. The number of aryl methyl sites for hydroxylation is 1. The predicted molar refractivity (Wildman–Crippen MR) is 159 cm³/mol. The Balaban J connectivity index is 1.62. The molecule has 0 unspecified atom stereocenters. The lowest BCUT2D eigenvalue weighted by Gasteiger charge is -2.17. The number of hydrogen-bond donors (Lipinski definition) is 2. The van der Waals surface area contributed by atoms with Gasteiger partial charge in [-0.3, -0.25) is 0 Å². The number of allylic oxidation sites excluding steroid dienone is 1. The molecule has 0 heterocycles. The van der Waals surface area contributed by atoms with Gasteiger partial charge in [-0.25, -0.2) is 0 Å². The van der Waals surface area contributed by atoms with E-state index in [1.165, 1.54) is 60.0 Å². The van der Waals surface area contributed by atoms with E-state index in [2.05, 4.69) is 110 Å². The summed E-state index contributed by atoms with van der Waals surface area (Å²) < 4.78 is 0. The zero-order chi connectivity index (χ0) is 24.8. The first-order valence-electron chi connectivity index (χ1n) is 12.5. The number of nitrogens with one attached hydrogen (secondary N) is 1. The molecule has 36 heavy (non-hydrogen) atoms. The maximum atomic E-state index is 6.59. The highest BCUT2D eigenvalue weighted by Gasteiger charge is 2.15. The van der Waals surface area contributed by atoms with E-state index in [1.807, 2.05) is 13.1 Å². The van der Waals surface area contributed by atoms with Gasteiger partial charge in [0.25, 0.3) is 0 Å². The van der Waals surface area contributed by atoms with Crippen molar-refractivity contribution in [2.45, 2.75) is 20.3 Å². The predicted octanol–water partition coefficient (Wildman–Crippen LogP) is 8.88. The molecular formula is C34H30N2. The molecule has 0 spiro atoms. The Bertz CT molecular complexity index is 1830. The number of anilines is 2. The fourth-order valence-electron chi connectivity index (χ4n) is 5.85. The maximum Gasteiger partial charge on any atom is 0.0420 e. The van der Waals surface area contributed by atoms with Crippen LogP contribution >= 0.6 is 0 Å². The Morgan fingerprint density at radius 3 is 2.22 bits per heavy atom. The molecule has 6 aromatic rings. The van der Waals surface area contributed by atoms with Gasteiger partial charge in [0.2, 0.25) is 0 Å². The quantitative estimate of drug-likeness (QED) is 0.201. The van der Waals surface area contributed by atoms with Crippen LogP contribution in [0.3, 0.4) is 0 Å². The van der Waals surface area contributed by atoms with Crippen LogP contribution in [0.5, 0.6) is 0 Å². The SMILES string of the molecule is CNc1cccc2cc3ccccc3c(C/C(C)=C/c3c4ccccc4c(C)c4cccc(N)c34)c12. The third-order valence-corrected chi connectivity index (χ3v) is 7.50. The number of hydrogen-bond acceptors (Lipinski definition) is 2. The topological polar surface area (TPSA) is 38.0 Å². The highest BCUT2D eigenvalue weighted by Crippen LogP contribution is 2.38. The third-order valence-electron chi connectivity index (χ3n) is 7.50. The van der Waals surface area contributed by atoms with Crippen LogP contribution in [0.2, 0.25) is 0 Å². The van der Waals surface area contributed by atoms with Crippen LogP contribution in [0.25, 0.3) is 49.2 Å². The van der Waals surface area contributed by atoms with Crippen molar-refractivity contribution in [3.05, 3.63) is 113 Å². The molecule has 0 amide bonds. The van der Waals surface area contributed by atoms with Crippen LogP contribution in [-0.2, 0) is 6.42 Å². The van der Waals surface area contributed by atoms with Crippen molar-refractivity contribution in [2.75, 3.05) is 18.1 Å². The zero-order valence-electron chi connectivity index (χ0n) is 21.0. The molecule has 0 atom stereocenters. The van der Waals surface area contributed by atoms with E-state index < -0.39 is 0 Å². The second kappa shape index (κ2) is 8.73. The first-order valence-corrected chi connectivity index (χ1v) is 12.5. The summed E-state index contributed by atoms with van der Waals surface area (Å²) in [6.45, 7) is 4.45. The van der Waals surface area contributed by atoms with Gasteiger partial charge in [0.05, 0.1) is 0 Å². The van der Waals surface area contributed by atoms with Gasteiger partial charge in [0.15, 0.2) is 0 Å². The summed E-state index contributed by atoms with van der Waals surface area (Å²) in [6.07, 6.45) is 3.21. The van der Waals surface area contributed by atoms with Crippen molar-refractivity contribution in [2.24, 2.45) is 0 Å². The summed E-state index contributed by atoms with van der Waals surface area (Å²) >= 11 is 0. The van der Waals surface area contributed by atoms with E-state index in [0.29, 0.717) is 0 Å². The highest BCUT2D eigenvalue weighted by molar-refractivity contribution is 6.13. The van der Waals surface area contributed by atoms with Gasteiger partial charge in [-0.1, -0.05) is 84.4 Å².